The zero-order valence-corrected chi connectivity index (χ0v) is 14.0. The van der Waals surface area contributed by atoms with Crippen molar-refractivity contribution in [3.63, 3.8) is 0 Å². The molecule has 0 spiro atoms. The number of esters is 1. The van der Waals surface area contributed by atoms with Crippen LogP contribution in [-0.2, 0) is 4.74 Å². The summed E-state index contributed by atoms with van der Waals surface area (Å²) >= 11 is 5.97. The van der Waals surface area contributed by atoms with Gasteiger partial charge in [0.1, 0.15) is 11.4 Å². The SMILES string of the molecule is Cc1nn(C2CCC2)c(N)c1C(=O)OCC(=O)c1ccccc1Cl. The molecule has 1 aromatic carbocycles. The van der Waals surface area contributed by atoms with Gasteiger partial charge in [-0.05, 0) is 38.3 Å². The average Bonchev–Trinajstić information content (AvgIpc) is 2.78. The molecular formula is C17H18ClN3O3. The molecule has 3 rings (SSSR count). The summed E-state index contributed by atoms with van der Waals surface area (Å²) in [4.78, 5) is 24.4. The maximum absolute atomic E-state index is 12.3. The number of Topliss-reactive ketones (excluding diaryl/α,β-unsaturated/α-hetero) is 1. The van der Waals surface area contributed by atoms with Crippen molar-refractivity contribution in [1.82, 2.24) is 9.78 Å². The standard InChI is InChI=1S/C17H18ClN3O3/c1-10-15(16(19)21(20-10)11-5-4-6-11)17(23)24-9-14(22)12-7-2-3-8-13(12)18/h2-3,7-8,11H,4-6,9,19H2,1H3. The van der Waals surface area contributed by atoms with Crippen LogP contribution in [0.25, 0.3) is 0 Å². The molecule has 2 aromatic rings. The lowest BCUT2D eigenvalue weighted by molar-refractivity contribution is 0.0475. The first-order chi connectivity index (χ1) is 11.5. The molecule has 0 saturated heterocycles. The van der Waals surface area contributed by atoms with Gasteiger partial charge in [0.25, 0.3) is 0 Å². The Balaban J connectivity index is 1.70. The van der Waals surface area contributed by atoms with Gasteiger partial charge in [-0.25, -0.2) is 9.48 Å². The van der Waals surface area contributed by atoms with E-state index in [0.717, 1.165) is 19.3 Å². The Morgan fingerprint density at radius 1 is 1.38 bits per heavy atom. The maximum Gasteiger partial charge on any atom is 0.344 e. The molecule has 0 amide bonds. The largest absolute Gasteiger partial charge is 0.454 e. The van der Waals surface area contributed by atoms with Crippen molar-refractivity contribution in [3.8, 4) is 0 Å². The Hall–Kier alpha value is -2.34. The number of aromatic nitrogens is 2. The molecule has 0 atom stereocenters. The van der Waals surface area contributed by atoms with Crippen molar-refractivity contribution < 1.29 is 14.3 Å². The van der Waals surface area contributed by atoms with E-state index in [-0.39, 0.29) is 17.4 Å². The van der Waals surface area contributed by atoms with Crippen LogP contribution in [0.3, 0.4) is 0 Å². The number of carbonyl (C=O) groups is 2. The number of aryl methyl sites for hydroxylation is 1. The van der Waals surface area contributed by atoms with E-state index in [2.05, 4.69) is 5.10 Å². The van der Waals surface area contributed by atoms with E-state index >= 15 is 0 Å². The fourth-order valence-electron chi connectivity index (χ4n) is 2.70. The van der Waals surface area contributed by atoms with Gasteiger partial charge < -0.3 is 10.5 Å². The number of ether oxygens (including phenoxy) is 1. The third kappa shape index (κ3) is 3.01. The monoisotopic (exact) mass is 347 g/mol. The first-order valence-corrected chi connectivity index (χ1v) is 8.16. The molecule has 1 heterocycles. The Labute approximate surface area is 144 Å². The van der Waals surface area contributed by atoms with E-state index < -0.39 is 12.6 Å². The molecular weight excluding hydrogens is 330 g/mol. The maximum atomic E-state index is 12.3. The molecule has 7 heteroatoms. The van der Waals surface area contributed by atoms with Gasteiger partial charge in [-0.3, -0.25) is 4.79 Å². The van der Waals surface area contributed by atoms with E-state index in [9.17, 15) is 9.59 Å². The summed E-state index contributed by atoms with van der Waals surface area (Å²) in [6.45, 7) is 1.31. The zero-order chi connectivity index (χ0) is 17.3. The number of benzene rings is 1. The molecule has 0 bridgehead atoms. The third-order valence-corrected chi connectivity index (χ3v) is 4.59. The second-order valence-corrected chi connectivity index (χ2v) is 6.26. The highest BCUT2D eigenvalue weighted by molar-refractivity contribution is 6.34. The van der Waals surface area contributed by atoms with Crippen molar-refractivity contribution in [2.45, 2.75) is 32.2 Å². The van der Waals surface area contributed by atoms with Gasteiger partial charge in [-0.2, -0.15) is 5.10 Å². The highest BCUT2D eigenvalue weighted by Gasteiger charge is 2.28. The fraction of sp³-hybridized carbons (Fsp3) is 0.353. The van der Waals surface area contributed by atoms with Crippen LogP contribution in [0.1, 0.15) is 51.7 Å². The zero-order valence-electron chi connectivity index (χ0n) is 13.3. The van der Waals surface area contributed by atoms with E-state index in [1.165, 1.54) is 0 Å². The normalized spacial score (nSPS) is 14.2. The number of halogens is 1. The minimum atomic E-state index is -0.643. The highest BCUT2D eigenvalue weighted by Crippen LogP contribution is 2.34. The molecule has 1 fully saturated rings. The molecule has 0 aliphatic heterocycles. The molecule has 0 radical (unpaired) electrons. The molecule has 0 unspecified atom stereocenters. The van der Waals surface area contributed by atoms with Crippen LogP contribution < -0.4 is 5.73 Å². The average molecular weight is 348 g/mol. The van der Waals surface area contributed by atoms with Crippen molar-refractivity contribution >= 4 is 29.2 Å². The Morgan fingerprint density at radius 2 is 2.08 bits per heavy atom. The Morgan fingerprint density at radius 3 is 2.71 bits per heavy atom. The first-order valence-electron chi connectivity index (χ1n) is 7.78. The minimum absolute atomic E-state index is 0.230. The summed E-state index contributed by atoms with van der Waals surface area (Å²) in [5, 5.41) is 4.66. The summed E-state index contributed by atoms with van der Waals surface area (Å²) in [6, 6.07) is 6.87. The molecule has 2 N–H and O–H groups in total. The predicted octanol–water partition coefficient (Wildman–Crippen LogP) is 3.19. The number of rotatable bonds is 5. The van der Waals surface area contributed by atoms with Gasteiger partial charge in [-0.15, -0.1) is 0 Å². The van der Waals surface area contributed by atoms with E-state index in [1.807, 2.05) is 0 Å². The Bertz CT molecular complexity index is 796. The fourth-order valence-corrected chi connectivity index (χ4v) is 2.94. The lowest BCUT2D eigenvalue weighted by Crippen LogP contribution is -2.21. The van der Waals surface area contributed by atoms with Crippen LogP contribution in [0.2, 0.25) is 5.02 Å². The lowest BCUT2D eigenvalue weighted by Gasteiger charge is -2.26. The molecule has 1 saturated carbocycles. The van der Waals surface area contributed by atoms with E-state index in [1.54, 1.807) is 35.9 Å². The number of hydrogen-bond donors (Lipinski definition) is 1. The van der Waals surface area contributed by atoms with Crippen LogP contribution in [0.5, 0.6) is 0 Å². The van der Waals surface area contributed by atoms with Gasteiger partial charge >= 0.3 is 5.97 Å². The number of nitrogen functional groups attached to an aromatic ring is 1. The number of nitrogens with zero attached hydrogens (tertiary/aromatic N) is 2. The highest BCUT2D eigenvalue weighted by atomic mass is 35.5. The second-order valence-electron chi connectivity index (χ2n) is 5.85. The first kappa shape index (κ1) is 16.5. The van der Waals surface area contributed by atoms with Crippen molar-refractivity contribution in [3.05, 3.63) is 46.1 Å². The van der Waals surface area contributed by atoms with Gasteiger partial charge in [-0.1, -0.05) is 23.7 Å². The summed E-state index contributed by atoms with van der Waals surface area (Å²) in [7, 11) is 0. The Kier molecular flexibility index (Phi) is 4.57. The molecule has 1 aromatic heterocycles. The molecule has 126 valence electrons. The van der Waals surface area contributed by atoms with Crippen LogP contribution in [0, 0.1) is 6.92 Å². The minimum Gasteiger partial charge on any atom is -0.454 e. The van der Waals surface area contributed by atoms with Gasteiger partial charge in [0, 0.05) is 5.56 Å². The molecule has 1 aliphatic rings. The number of anilines is 1. The van der Waals surface area contributed by atoms with Crippen LogP contribution in [-0.4, -0.2) is 28.1 Å². The lowest BCUT2D eigenvalue weighted by atomic mass is 9.93. The van der Waals surface area contributed by atoms with Crippen LogP contribution in [0.4, 0.5) is 5.82 Å². The van der Waals surface area contributed by atoms with Crippen LogP contribution >= 0.6 is 11.6 Å². The molecule has 1 aliphatic carbocycles. The van der Waals surface area contributed by atoms with E-state index in [0.29, 0.717) is 22.1 Å². The van der Waals surface area contributed by atoms with Gasteiger partial charge in [0.15, 0.2) is 6.61 Å². The quantitative estimate of drug-likeness (QED) is 0.663. The van der Waals surface area contributed by atoms with Crippen molar-refractivity contribution in [1.29, 1.82) is 0 Å². The summed E-state index contributed by atoms with van der Waals surface area (Å²) < 4.78 is 6.81. The third-order valence-electron chi connectivity index (χ3n) is 4.26. The second kappa shape index (κ2) is 6.65. The molecule has 6 nitrogen and oxygen atoms in total. The summed E-state index contributed by atoms with van der Waals surface area (Å²) in [5.74, 6) is -0.708. The number of hydrogen-bond acceptors (Lipinski definition) is 5. The summed E-state index contributed by atoms with van der Waals surface area (Å²) in [6.07, 6.45) is 3.14. The van der Waals surface area contributed by atoms with Crippen LogP contribution in [0.15, 0.2) is 24.3 Å². The summed E-state index contributed by atoms with van der Waals surface area (Å²) in [5.41, 5.74) is 7.11. The smallest absolute Gasteiger partial charge is 0.344 e. The van der Waals surface area contributed by atoms with Crippen molar-refractivity contribution in [2.75, 3.05) is 12.3 Å². The number of nitrogens with two attached hydrogens (primary N) is 1. The van der Waals surface area contributed by atoms with Gasteiger partial charge in [0.2, 0.25) is 5.78 Å². The number of carbonyl (C=O) groups excluding carboxylic acids is 2. The number of ketones is 1. The van der Waals surface area contributed by atoms with Crippen molar-refractivity contribution in [2.24, 2.45) is 0 Å². The molecule has 24 heavy (non-hydrogen) atoms. The topological polar surface area (TPSA) is 87.2 Å². The predicted molar refractivity (Wildman–Crippen MR) is 90.3 cm³/mol. The van der Waals surface area contributed by atoms with E-state index in [4.69, 9.17) is 22.1 Å². The van der Waals surface area contributed by atoms with Gasteiger partial charge in [0.05, 0.1) is 16.8 Å².